The lowest BCUT2D eigenvalue weighted by Gasteiger charge is -2.22. The second-order valence-corrected chi connectivity index (χ2v) is 6.48. The number of benzene rings is 2. The number of nitrogens with one attached hydrogen (secondary N) is 2. The molecule has 0 saturated carbocycles. The molecule has 0 bridgehead atoms. The lowest BCUT2D eigenvalue weighted by molar-refractivity contribution is -0.133. The highest BCUT2D eigenvalue weighted by Gasteiger charge is 2.49. The summed E-state index contributed by atoms with van der Waals surface area (Å²) in [5, 5.41) is 4.81. The van der Waals surface area contributed by atoms with E-state index in [0.717, 1.165) is 22.6 Å². The van der Waals surface area contributed by atoms with E-state index in [9.17, 15) is 23.2 Å². The average Bonchev–Trinajstić information content (AvgIpc) is 2.82. The summed E-state index contributed by atoms with van der Waals surface area (Å²) < 4.78 is 26.6. The molecule has 2 aromatic carbocycles. The Bertz CT molecular complexity index is 930. The van der Waals surface area contributed by atoms with Gasteiger partial charge in [0.2, 0.25) is 5.91 Å². The van der Waals surface area contributed by atoms with Crippen molar-refractivity contribution in [2.24, 2.45) is 0 Å². The number of aryl methyl sites for hydroxylation is 1. The maximum Gasteiger partial charge on any atom is 0.325 e. The summed E-state index contributed by atoms with van der Waals surface area (Å²) in [6, 6.07) is 9.02. The summed E-state index contributed by atoms with van der Waals surface area (Å²) in [6.45, 7) is 2.85. The van der Waals surface area contributed by atoms with Crippen LogP contribution in [0, 0.1) is 18.6 Å². The lowest BCUT2D eigenvalue weighted by atomic mass is 9.91. The third kappa shape index (κ3) is 3.51. The molecule has 1 unspecified atom stereocenters. The van der Waals surface area contributed by atoms with Crippen LogP contribution in [0.4, 0.5) is 19.3 Å². The van der Waals surface area contributed by atoms with Crippen LogP contribution in [-0.4, -0.2) is 29.3 Å². The van der Waals surface area contributed by atoms with Crippen LogP contribution in [0.25, 0.3) is 0 Å². The van der Waals surface area contributed by atoms with E-state index in [1.807, 2.05) is 19.1 Å². The quantitative estimate of drug-likeness (QED) is 0.809. The molecule has 1 aliphatic heterocycles. The minimum absolute atomic E-state index is 0.241. The molecule has 2 aromatic rings. The Morgan fingerprint density at radius 2 is 1.81 bits per heavy atom. The van der Waals surface area contributed by atoms with Crippen LogP contribution in [0.15, 0.2) is 42.5 Å². The Morgan fingerprint density at radius 1 is 1.15 bits per heavy atom. The van der Waals surface area contributed by atoms with E-state index in [0.29, 0.717) is 11.6 Å². The third-order valence-electron chi connectivity index (χ3n) is 4.41. The standard InChI is InChI=1S/C19H17F2N3O3/c1-11-3-5-12(6-4-11)19(2)17(26)24(18(27)23-19)10-16(25)22-15-8-7-13(20)9-14(15)21/h3-9H,10H2,1-2H3,(H,22,25)(H,23,27). The SMILES string of the molecule is Cc1ccc(C2(C)NC(=O)N(CC(=O)Nc3ccc(F)cc3F)C2=O)cc1. The highest BCUT2D eigenvalue weighted by molar-refractivity contribution is 6.10. The van der Waals surface area contributed by atoms with E-state index in [2.05, 4.69) is 10.6 Å². The van der Waals surface area contributed by atoms with Gasteiger partial charge in [0, 0.05) is 6.07 Å². The maximum atomic E-state index is 13.6. The number of rotatable bonds is 4. The molecule has 1 saturated heterocycles. The number of carbonyl (C=O) groups excluding carboxylic acids is 3. The van der Waals surface area contributed by atoms with Crippen LogP contribution in [-0.2, 0) is 15.1 Å². The number of carbonyl (C=O) groups is 3. The molecule has 4 amide bonds. The minimum Gasteiger partial charge on any atom is -0.322 e. The molecule has 0 radical (unpaired) electrons. The molecule has 140 valence electrons. The summed E-state index contributed by atoms with van der Waals surface area (Å²) in [6.07, 6.45) is 0. The molecule has 0 spiro atoms. The van der Waals surface area contributed by atoms with E-state index >= 15 is 0 Å². The molecule has 2 N–H and O–H groups in total. The van der Waals surface area contributed by atoms with Gasteiger partial charge in [0.05, 0.1) is 5.69 Å². The van der Waals surface area contributed by atoms with Gasteiger partial charge < -0.3 is 10.6 Å². The van der Waals surface area contributed by atoms with Crippen LogP contribution in [0.1, 0.15) is 18.1 Å². The molecule has 3 rings (SSSR count). The van der Waals surface area contributed by atoms with Gasteiger partial charge in [-0.05, 0) is 31.5 Å². The Kier molecular flexibility index (Phi) is 4.65. The van der Waals surface area contributed by atoms with Gasteiger partial charge in [-0.3, -0.25) is 14.5 Å². The van der Waals surface area contributed by atoms with Gasteiger partial charge in [0.15, 0.2) is 0 Å². The zero-order valence-corrected chi connectivity index (χ0v) is 14.7. The van der Waals surface area contributed by atoms with Crippen molar-refractivity contribution in [3.05, 3.63) is 65.2 Å². The second kappa shape index (κ2) is 6.79. The number of hydrogen-bond donors (Lipinski definition) is 2. The highest BCUT2D eigenvalue weighted by Crippen LogP contribution is 2.29. The van der Waals surface area contributed by atoms with Crippen molar-refractivity contribution in [3.8, 4) is 0 Å². The summed E-state index contributed by atoms with van der Waals surface area (Å²) in [7, 11) is 0. The second-order valence-electron chi connectivity index (χ2n) is 6.48. The lowest BCUT2D eigenvalue weighted by Crippen LogP contribution is -2.42. The third-order valence-corrected chi connectivity index (χ3v) is 4.41. The molecule has 27 heavy (non-hydrogen) atoms. The summed E-state index contributed by atoms with van der Waals surface area (Å²) in [5.74, 6) is -3.11. The van der Waals surface area contributed by atoms with E-state index in [1.54, 1.807) is 19.1 Å². The van der Waals surface area contributed by atoms with Gasteiger partial charge in [-0.2, -0.15) is 0 Å². The predicted octanol–water partition coefficient (Wildman–Crippen LogP) is 2.68. The van der Waals surface area contributed by atoms with Gasteiger partial charge >= 0.3 is 6.03 Å². The molecule has 8 heteroatoms. The largest absolute Gasteiger partial charge is 0.325 e. The molecule has 0 aliphatic carbocycles. The fourth-order valence-electron chi connectivity index (χ4n) is 2.85. The first-order valence-corrected chi connectivity index (χ1v) is 8.17. The van der Waals surface area contributed by atoms with Crippen molar-refractivity contribution in [1.29, 1.82) is 0 Å². The van der Waals surface area contributed by atoms with Crippen molar-refractivity contribution in [2.45, 2.75) is 19.4 Å². The zero-order chi connectivity index (χ0) is 19.8. The fourth-order valence-corrected chi connectivity index (χ4v) is 2.85. The van der Waals surface area contributed by atoms with Crippen LogP contribution in [0.5, 0.6) is 0 Å². The van der Waals surface area contributed by atoms with Crippen LogP contribution in [0.3, 0.4) is 0 Å². The molecule has 6 nitrogen and oxygen atoms in total. The number of imide groups is 1. The molecule has 1 fully saturated rings. The number of amides is 4. The number of urea groups is 1. The fraction of sp³-hybridized carbons (Fsp3) is 0.211. The first kappa shape index (κ1) is 18.5. The molecule has 1 heterocycles. The Balaban J connectivity index is 1.75. The van der Waals surface area contributed by atoms with Gasteiger partial charge in [-0.15, -0.1) is 0 Å². The summed E-state index contributed by atoms with van der Waals surface area (Å²) in [4.78, 5) is 37.9. The minimum atomic E-state index is -1.30. The number of anilines is 1. The summed E-state index contributed by atoms with van der Waals surface area (Å²) >= 11 is 0. The van der Waals surface area contributed by atoms with E-state index in [4.69, 9.17) is 0 Å². The Hall–Kier alpha value is -3.29. The van der Waals surface area contributed by atoms with Crippen molar-refractivity contribution < 1.29 is 23.2 Å². The van der Waals surface area contributed by atoms with Crippen LogP contribution < -0.4 is 10.6 Å². The van der Waals surface area contributed by atoms with Crippen molar-refractivity contribution in [1.82, 2.24) is 10.2 Å². The monoisotopic (exact) mass is 373 g/mol. The number of halogens is 2. The Morgan fingerprint density at radius 3 is 2.44 bits per heavy atom. The van der Waals surface area contributed by atoms with Gasteiger partial charge in [0.1, 0.15) is 23.7 Å². The van der Waals surface area contributed by atoms with Crippen molar-refractivity contribution in [2.75, 3.05) is 11.9 Å². The zero-order valence-electron chi connectivity index (χ0n) is 14.7. The highest BCUT2D eigenvalue weighted by atomic mass is 19.1. The van der Waals surface area contributed by atoms with Crippen LogP contribution in [0.2, 0.25) is 0 Å². The first-order valence-electron chi connectivity index (χ1n) is 8.17. The predicted molar refractivity (Wildman–Crippen MR) is 93.8 cm³/mol. The summed E-state index contributed by atoms with van der Waals surface area (Å²) in [5.41, 5.74) is 0.0389. The molecule has 1 atom stereocenters. The smallest absolute Gasteiger partial charge is 0.322 e. The van der Waals surface area contributed by atoms with Gasteiger partial charge in [0.25, 0.3) is 5.91 Å². The van der Waals surface area contributed by atoms with Crippen molar-refractivity contribution in [3.63, 3.8) is 0 Å². The first-order chi connectivity index (χ1) is 12.7. The van der Waals surface area contributed by atoms with Crippen LogP contribution >= 0.6 is 0 Å². The van der Waals surface area contributed by atoms with E-state index < -0.39 is 41.6 Å². The van der Waals surface area contributed by atoms with E-state index in [1.165, 1.54) is 0 Å². The van der Waals surface area contributed by atoms with Gasteiger partial charge in [-0.25, -0.2) is 13.6 Å². The topological polar surface area (TPSA) is 78.5 Å². The van der Waals surface area contributed by atoms with Crippen molar-refractivity contribution >= 4 is 23.5 Å². The number of hydrogen-bond acceptors (Lipinski definition) is 3. The maximum absolute atomic E-state index is 13.6. The normalized spacial score (nSPS) is 19.2. The number of nitrogens with zero attached hydrogens (tertiary/aromatic N) is 1. The van der Waals surface area contributed by atoms with Gasteiger partial charge in [-0.1, -0.05) is 29.8 Å². The molecule has 0 aromatic heterocycles. The average molecular weight is 373 g/mol. The Labute approximate surface area is 154 Å². The molecular formula is C19H17F2N3O3. The molecule has 1 aliphatic rings. The van der Waals surface area contributed by atoms with E-state index in [-0.39, 0.29) is 5.69 Å². The molecular weight excluding hydrogens is 356 g/mol.